The maximum Gasteiger partial charge on any atom is 0.322 e. The third-order valence-electron chi connectivity index (χ3n) is 5.92. The summed E-state index contributed by atoms with van der Waals surface area (Å²) < 4.78 is 13.5. The first-order valence-corrected chi connectivity index (χ1v) is 17.1. The van der Waals surface area contributed by atoms with Gasteiger partial charge >= 0.3 is 8.56 Å². The molecule has 34 heavy (non-hydrogen) atoms. The Balaban J connectivity index is 1.91. The summed E-state index contributed by atoms with van der Waals surface area (Å²) in [6.45, 7) is 11.0. The lowest BCUT2D eigenvalue weighted by atomic mass is 9.97. The summed E-state index contributed by atoms with van der Waals surface area (Å²) in [4.78, 5) is 2.37. The highest BCUT2D eigenvalue weighted by Crippen LogP contribution is 2.39. The largest absolute Gasteiger partial charge is 0.436 e. The number of benzene rings is 4. The fraction of sp³-hybridized carbons (Fsp3) is 0.241. The summed E-state index contributed by atoms with van der Waals surface area (Å²) in [6.07, 6.45) is -0.237. The van der Waals surface area contributed by atoms with Gasteiger partial charge in [-0.25, -0.2) is 0 Å². The minimum absolute atomic E-state index is 0.111. The summed E-state index contributed by atoms with van der Waals surface area (Å²) in [5.74, 6) is 0.111. The van der Waals surface area contributed by atoms with Gasteiger partial charge < -0.3 is 13.4 Å². The number of fused-ring (bicyclic) bond motifs is 1. The van der Waals surface area contributed by atoms with Gasteiger partial charge in [-0.2, -0.15) is 0 Å². The molecule has 0 fully saturated rings. The van der Waals surface area contributed by atoms with Crippen LogP contribution in [0.15, 0.2) is 103 Å². The van der Waals surface area contributed by atoms with E-state index in [0.29, 0.717) is 0 Å². The molecule has 2 atom stereocenters. The van der Waals surface area contributed by atoms with E-state index < -0.39 is 17.6 Å². The van der Waals surface area contributed by atoms with E-state index in [1.54, 1.807) is 0 Å². The number of rotatable bonds is 9. The van der Waals surface area contributed by atoms with Crippen molar-refractivity contribution >= 4 is 39.7 Å². The van der Waals surface area contributed by atoms with Crippen molar-refractivity contribution in [2.45, 2.75) is 45.3 Å². The van der Waals surface area contributed by atoms with Crippen molar-refractivity contribution in [1.82, 2.24) is 0 Å². The first-order chi connectivity index (χ1) is 16.4. The van der Waals surface area contributed by atoms with Crippen LogP contribution in [0.2, 0.25) is 26.2 Å². The van der Waals surface area contributed by atoms with Crippen molar-refractivity contribution < 1.29 is 8.54 Å². The predicted octanol–water partition coefficient (Wildman–Crippen LogP) is 8.09. The molecule has 0 aliphatic rings. The Morgan fingerprint density at radius 3 is 2.00 bits per heavy atom. The second kappa shape index (κ2) is 10.7. The second-order valence-electron chi connectivity index (χ2n) is 9.32. The Morgan fingerprint density at radius 1 is 0.735 bits per heavy atom. The molecule has 0 saturated heterocycles. The number of para-hydroxylation sites is 1. The highest BCUT2D eigenvalue weighted by atomic mass is 28.4. The molecule has 4 rings (SSSR count). The Morgan fingerprint density at radius 2 is 1.32 bits per heavy atom. The number of anilines is 2. The Hall–Kier alpha value is -2.71. The van der Waals surface area contributed by atoms with Gasteiger partial charge in [-0.3, -0.25) is 0 Å². The van der Waals surface area contributed by atoms with Crippen LogP contribution < -0.4 is 4.90 Å². The van der Waals surface area contributed by atoms with Crippen LogP contribution in [-0.2, 0) is 8.54 Å². The minimum Gasteiger partial charge on any atom is -0.436 e. The maximum atomic E-state index is 7.05. The van der Waals surface area contributed by atoms with Crippen molar-refractivity contribution in [1.29, 1.82) is 0 Å². The smallest absolute Gasteiger partial charge is 0.322 e. The van der Waals surface area contributed by atoms with E-state index in [-0.39, 0.29) is 12.1 Å². The van der Waals surface area contributed by atoms with Gasteiger partial charge in [-0.15, -0.1) is 0 Å². The first-order valence-electron chi connectivity index (χ1n) is 11.9. The molecule has 4 aromatic carbocycles. The molecule has 0 aliphatic heterocycles. The average Bonchev–Trinajstić information content (AvgIpc) is 2.83. The van der Waals surface area contributed by atoms with Crippen molar-refractivity contribution in [3.63, 3.8) is 0 Å². The molecule has 0 N–H and O–H groups in total. The Kier molecular flexibility index (Phi) is 7.68. The second-order valence-corrected chi connectivity index (χ2v) is 15.0. The van der Waals surface area contributed by atoms with Crippen molar-refractivity contribution in [3.05, 3.63) is 109 Å². The third kappa shape index (κ3) is 5.67. The first kappa shape index (κ1) is 24.4. The maximum absolute atomic E-state index is 7.05. The van der Waals surface area contributed by atoms with Crippen LogP contribution in [-0.4, -0.2) is 23.8 Å². The summed E-state index contributed by atoms with van der Waals surface area (Å²) in [6, 6.07) is 36.3. The minimum atomic E-state index is -2.42. The van der Waals surface area contributed by atoms with Gasteiger partial charge in [0.15, 0.2) is 9.04 Å². The number of hydrogen-bond donors (Lipinski definition) is 0. The molecule has 0 aliphatic carbocycles. The van der Waals surface area contributed by atoms with E-state index in [9.17, 15) is 0 Å². The van der Waals surface area contributed by atoms with Gasteiger partial charge in [0.1, 0.15) is 6.23 Å². The van der Waals surface area contributed by atoms with Crippen LogP contribution in [0.3, 0.4) is 0 Å². The zero-order chi connectivity index (χ0) is 24.1. The lowest BCUT2D eigenvalue weighted by Crippen LogP contribution is -2.49. The molecule has 0 bridgehead atoms. The zero-order valence-corrected chi connectivity index (χ0v) is 22.7. The van der Waals surface area contributed by atoms with E-state index in [0.717, 1.165) is 11.4 Å². The van der Waals surface area contributed by atoms with Crippen LogP contribution in [0.25, 0.3) is 10.8 Å². The highest BCUT2D eigenvalue weighted by Gasteiger charge is 2.37. The molecule has 5 heteroatoms. The molecular formula is C29H34NO2Si2. The third-order valence-corrected chi connectivity index (χ3v) is 10.3. The molecule has 1 radical (unpaired) electrons. The number of hydrogen-bond acceptors (Lipinski definition) is 3. The van der Waals surface area contributed by atoms with Crippen molar-refractivity contribution in [3.8, 4) is 0 Å². The quantitative estimate of drug-likeness (QED) is 0.177. The van der Waals surface area contributed by atoms with E-state index in [1.807, 2.05) is 0 Å². The zero-order valence-electron chi connectivity index (χ0n) is 20.7. The number of nitrogens with zero attached hydrogens (tertiary/aromatic N) is 1. The molecule has 175 valence electrons. The summed E-state index contributed by atoms with van der Waals surface area (Å²) in [5, 5.41) is 2.42. The van der Waals surface area contributed by atoms with Crippen LogP contribution in [0.4, 0.5) is 11.4 Å². The van der Waals surface area contributed by atoms with Crippen LogP contribution in [0.1, 0.15) is 18.4 Å². The fourth-order valence-electron chi connectivity index (χ4n) is 4.54. The van der Waals surface area contributed by atoms with E-state index in [2.05, 4.69) is 141 Å². The molecule has 2 unspecified atom stereocenters. The van der Waals surface area contributed by atoms with Crippen LogP contribution >= 0.6 is 0 Å². The fourth-order valence-corrected chi connectivity index (χ4v) is 9.55. The van der Waals surface area contributed by atoms with E-state index in [4.69, 9.17) is 8.54 Å². The summed E-state index contributed by atoms with van der Waals surface area (Å²) in [5.41, 5.74) is 3.49. The SMILES string of the molecule is CC(c1ccccc1)C(O[Si](C)(C)O[Si](C)C)N(c1ccccc1)c1cccc2ccccc12. The van der Waals surface area contributed by atoms with Crippen molar-refractivity contribution in [2.75, 3.05) is 4.90 Å². The topological polar surface area (TPSA) is 21.7 Å². The van der Waals surface area contributed by atoms with Crippen molar-refractivity contribution in [2.24, 2.45) is 0 Å². The lowest BCUT2D eigenvalue weighted by molar-refractivity contribution is 0.141. The van der Waals surface area contributed by atoms with Gasteiger partial charge in [0.05, 0.1) is 5.69 Å². The van der Waals surface area contributed by atoms with Crippen LogP contribution in [0, 0.1) is 0 Å². The summed E-state index contributed by atoms with van der Waals surface area (Å²) in [7, 11) is -3.31. The molecule has 0 heterocycles. The van der Waals surface area contributed by atoms with Crippen LogP contribution in [0.5, 0.6) is 0 Å². The Bertz CT molecular complexity index is 1190. The highest BCUT2D eigenvalue weighted by molar-refractivity contribution is 6.73. The molecule has 0 saturated carbocycles. The molecule has 0 spiro atoms. The van der Waals surface area contributed by atoms with E-state index >= 15 is 0 Å². The van der Waals surface area contributed by atoms with Gasteiger partial charge in [0.2, 0.25) is 0 Å². The monoisotopic (exact) mass is 484 g/mol. The molecule has 4 aromatic rings. The van der Waals surface area contributed by atoms with Gasteiger partial charge in [-0.05, 0) is 55.3 Å². The predicted molar refractivity (Wildman–Crippen MR) is 148 cm³/mol. The average molecular weight is 485 g/mol. The van der Waals surface area contributed by atoms with E-state index in [1.165, 1.54) is 16.3 Å². The molecule has 0 amide bonds. The molecule has 3 nitrogen and oxygen atoms in total. The van der Waals surface area contributed by atoms with Gasteiger partial charge in [-0.1, -0.05) is 91.9 Å². The molecular weight excluding hydrogens is 450 g/mol. The lowest BCUT2D eigenvalue weighted by Gasteiger charge is -2.42. The Labute approximate surface area is 206 Å². The standard InChI is InChI=1S/C29H34NO2Si2/c1-23(24-15-8-6-9-16-24)29(31-34(4,5)32-33(2)3)30(26-19-10-7-11-20-26)28-22-14-18-25-17-12-13-21-27(25)28/h6-23,29H,1-5H3. The van der Waals surface area contributed by atoms with Gasteiger partial charge in [0.25, 0.3) is 0 Å². The van der Waals surface area contributed by atoms with Gasteiger partial charge in [0, 0.05) is 17.0 Å². The normalized spacial score (nSPS) is 13.7. The molecule has 0 aromatic heterocycles. The summed E-state index contributed by atoms with van der Waals surface area (Å²) >= 11 is 0.